The van der Waals surface area contributed by atoms with Crippen LogP contribution in [-0.4, -0.2) is 26.6 Å². The lowest BCUT2D eigenvalue weighted by atomic mass is 10.0. The Hall–Kier alpha value is -2.90. The van der Waals surface area contributed by atoms with E-state index in [-0.39, 0.29) is 11.9 Å². The first-order valence-corrected chi connectivity index (χ1v) is 10.2. The second kappa shape index (κ2) is 6.68. The van der Waals surface area contributed by atoms with Crippen LogP contribution in [0.1, 0.15) is 32.6 Å². The van der Waals surface area contributed by atoms with Crippen LogP contribution in [-0.2, 0) is 0 Å². The van der Waals surface area contributed by atoms with Crippen LogP contribution in [0.4, 0.5) is 0 Å². The molecule has 0 bridgehead atoms. The van der Waals surface area contributed by atoms with Crippen molar-refractivity contribution in [2.75, 3.05) is 0 Å². The highest BCUT2D eigenvalue weighted by Crippen LogP contribution is 2.36. The normalized spacial score (nSPS) is 16.7. The molecule has 4 heterocycles. The maximum Gasteiger partial charge on any atom is 0.284 e. The lowest BCUT2D eigenvalue weighted by Crippen LogP contribution is -2.26. The summed E-state index contributed by atoms with van der Waals surface area (Å²) < 4.78 is 0. The van der Waals surface area contributed by atoms with Crippen LogP contribution in [0, 0.1) is 0 Å². The average molecular weight is 390 g/mol. The van der Waals surface area contributed by atoms with Crippen molar-refractivity contribution >= 4 is 45.3 Å². The fourth-order valence-corrected chi connectivity index (χ4v) is 4.63. The van der Waals surface area contributed by atoms with Crippen molar-refractivity contribution in [2.45, 2.75) is 12.5 Å². The number of thiophene rings is 2. The predicted octanol–water partition coefficient (Wildman–Crippen LogP) is 4.74. The van der Waals surface area contributed by atoms with Crippen LogP contribution in [0.3, 0.4) is 0 Å². The van der Waals surface area contributed by atoms with E-state index in [1.807, 2.05) is 53.2 Å². The molecule has 132 valence electrons. The number of aromatic nitrogens is 2. The molecule has 5 nitrogen and oxygen atoms in total. The molecule has 0 unspecified atom stereocenters. The van der Waals surface area contributed by atoms with Crippen molar-refractivity contribution in [2.24, 2.45) is 5.10 Å². The van der Waals surface area contributed by atoms with E-state index in [0.29, 0.717) is 11.3 Å². The van der Waals surface area contributed by atoms with Gasteiger partial charge in [-0.2, -0.15) is 5.10 Å². The molecule has 1 atom stereocenters. The summed E-state index contributed by atoms with van der Waals surface area (Å²) in [7, 11) is 0. The van der Waals surface area contributed by atoms with Crippen molar-refractivity contribution in [3.05, 3.63) is 80.9 Å². The summed E-state index contributed by atoms with van der Waals surface area (Å²) in [5.41, 5.74) is 3.63. The molecule has 3 aromatic heterocycles. The van der Waals surface area contributed by atoms with E-state index in [9.17, 15) is 4.79 Å². The number of hydrazone groups is 1. The van der Waals surface area contributed by atoms with E-state index in [2.05, 4.69) is 9.97 Å². The smallest absolute Gasteiger partial charge is 0.266 e. The van der Waals surface area contributed by atoms with Gasteiger partial charge in [0.2, 0.25) is 0 Å². The molecule has 5 rings (SSSR count). The highest BCUT2D eigenvalue weighted by molar-refractivity contribution is 7.12. The highest BCUT2D eigenvalue weighted by Gasteiger charge is 2.34. The Balaban J connectivity index is 1.57. The molecule has 0 saturated carbocycles. The molecule has 1 aromatic carbocycles. The van der Waals surface area contributed by atoms with Gasteiger partial charge in [0, 0.05) is 18.8 Å². The molecule has 1 aliphatic heterocycles. The number of nitrogens with zero attached hydrogens (tertiary/aromatic N) is 4. The first-order chi connectivity index (χ1) is 13.3. The van der Waals surface area contributed by atoms with Gasteiger partial charge in [0.1, 0.15) is 0 Å². The minimum Gasteiger partial charge on any atom is -0.266 e. The number of fused-ring (bicyclic) bond motifs is 1. The van der Waals surface area contributed by atoms with Crippen LogP contribution < -0.4 is 0 Å². The summed E-state index contributed by atoms with van der Waals surface area (Å²) in [6.45, 7) is 0. The number of amides is 1. The molecule has 27 heavy (non-hydrogen) atoms. The first kappa shape index (κ1) is 16.3. The zero-order valence-electron chi connectivity index (χ0n) is 14.1. The summed E-state index contributed by atoms with van der Waals surface area (Å²) in [5, 5.41) is 10.3. The first-order valence-electron chi connectivity index (χ1n) is 8.49. The molecule has 0 N–H and O–H groups in total. The Kier molecular flexibility index (Phi) is 4.03. The molecule has 7 heteroatoms. The van der Waals surface area contributed by atoms with Gasteiger partial charge in [-0.3, -0.25) is 14.8 Å². The number of rotatable bonds is 3. The zero-order valence-corrected chi connectivity index (χ0v) is 15.8. The van der Waals surface area contributed by atoms with Gasteiger partial charge in [0.15, 0.2) is 0 Å². The largest absolute Gasteiger partial charge is 0.284 e. The minimum atomic E-state index is -0.150. The van der Waals surface area contributed by atoms with Crippen LogP contribution in [0.25, 0.3) is 11.0 Å². The van der Waals surface area contributed by atoms with E-state index < -0.39 is 0 Å². The molecule has 0 radical (unpaired) electrons. The molecule has 0 fully saturated rings. The van der Waals surface area contributed by atoms with E-state index in [1.54, 1.807) is 28.7 Å². The van der Waals surface area contributed by atoms with Gasteiger partial charge in [0.25, 0.3) is 5.91 Å². The van der Waals surface area contributed by atoms with Crippen LogP contribution in [0.2, 0.25) is 0 Å². The highest BCUT2D eigenvalue weighted by atomic mass is 32.1. The minimum absolute atomic E-state index is 0.0687. The molecule has 0 saturated heterocycles. The summed E-state index contributed by atoms with van der Waals surface area (Å²) in [4.78, 5) is 23.6. The van der Waals surface area contributed by atoms with Crippen LogP contribution in [0.15, 0.2) is 70.7 Å². The SMILES string of the molecule is O=C(c1cccs1)N1N=C(c2cccs2)C[C@@H]1c1ccc2nccnc2c1. The topological polar surface area (TPSA) is 58.5 Å². The quantitative estimate of drug-likeness (QED) is 0.507. The average Bonchev–Trinajstić information content (AvgIpc) is 3.48. The van der Waals surface area contributed by atoms with E-state index in [1.165, 1.54) is 11.3 Å². The third-order valence-corrected chi connectivity index (χ3v) is 6.31. The van der Waals surface area contributed by atoms with Crippen LogP contribution >= 0.6 is 22.7 Å². The number of carbonyl (C=O) groups excluding carboxylic acids is 1. The molecule has 0 spiro atoms. The molecular formula is C20H14N4OS2. The van der Waals surface area contributed by atoms with Crippen molar-refractivity contribution in [1.29, 1.82) is 0 Å². The number of benzene rings is 1. The van der Waals surface area contributed by atoms with Gasteiger partial charge in [-0.15, -0.1) is 22.7 Å². The zero-order chi connectivity index (χ0) is 18.2. The van der Waals surface area contributed by atoms with Gasteiger partial charge in [-0.1, -0.05) is 18.2 Å². The van der Waals surface area contributed by atoms with Crippen molar-refractivity contribution in [3.8, 4) is 0 Å². The molecule has 0 aliphatic carbocycles. The van der Waals surface area contributed by atoms with E-state index >= 15 is 0 Å². The second-order valence-electron chi connectivity index (χ2n) is 6.18. The summed E-state index contributed by atoms with van der Waals surface area (Å²) in [5.74, 6) is -0.0687. The van der Waals surface area contributed by atoms with Gasteiger partial charge in [0.05, 0.1) is 32.5 Å². The molecule has 4 aromatic rings. The Bertz CT molecular complexity index is 1140. The third kappa shape index (κ3) is 2.94. The summed E-state index contributed by atoms with van der Waals surface area (Å²) >= 11 is 3.08. The number of carbonyl (C=O) groups is 1. The molecule has 1 aliphatic rings. The standard InChI is InChI=1S/C20H14N4OS2/c25-20(19-4-2-10-27-19)24-17(12-16(23-24)18-3-1-9-26-18)13-5-6-14-15(11-13)22-8-7-21-14/h1-11,17H,12H2/t17-/m1/s1. The molecule has 1 amide bonds. The fraction of sp³-hybridized carbons (Fsp3) is 0.100. The second-order valence-corrected chi connectivity index (χ2v) is 8.07. The lowest BCUT2D eigenvalue weighted by Gasteiger charge is -2.21. The third-order valence-electron chi connectivity index (χ3n) is 4.53. The maximum atomic E-state index is 13.1. The van der Waals surface area contributed by atoms with Crippen molar-refractivity contribution in [3.63, 3.8) is 0 Å². The summed E-state index contributed by atoms with van der Waals surface area (Å²) in [6, 6.07) is 13.6. The Morgan fingerprint density at radius 2 is 1.81 bits per heavy atom. The van der Waals surface area contributed by atoms with Crippen molar-refractivity contribution < 1.29 is 4.79 Å². The van der Waals surface area contributed by atoms with Crippen LogP contribution in [0.5, 0.6) is 0 Å². The number of hydrogen-bond acceptors (Lipinski definition) is 6. The van der Waals surface area contributed by atoms with Gasteiger partial charge in [-0.05, 0) is 40.6 Å². The number of hydrogen-bond donors (Lipinski definition) is 0. The summed E-state index contributed by atoms with van der Waals surface area (Å²) in [6.07, 6.45) is 4.05. The maximum absolute atomic E-state index is 13.1. The van der Waals surface area contributed by atoms with Gasteiger partial charge >= 0.3 is 0 Å². The van der Waals surface area contributed by atoms with E-state index in [0.717, 1.165) is 27.2 Å². The predicted molar refractivity (Wildman–Crippen MR) is 108 cm³/mol. The van der Waals surface area contributed by atoms with Gasteiger partial charge < -0.3 is 0 Å². The Labute approximate surface area is 163 Å². The fourth-order valence-electron chi connectivity index (χ4n) is 3.25. The van der Waals surface area contributed by atoms with Gasteiger partial charge in [-0.25, -0.2) is 5.01 Å². The van der Waals surface area contributed by atoms with E-state index in [4.69, 9.17) is 5.10 Å². The van der Waals surface area contributed by atoms with Crippen molar-refractivity contribution in [1.82, 2.24) is 15.0 Å². The Morgan fingerprint density at radius 1 is 1.00 bits per heavy atom. The molecular weight excluding hydrogens is 376 g/mol. The lowest BCUT2D eigenvalue weighted by molar-refractivity contribution is 0.0716. The Morgan fingerprint density at radius 3 is 2.59 bits per heavy atom. The monoisotopic (exact) mass is 390 g/mol.